The van der Waals surface area contributed by atoms with Gasteiger partial charge in [0.05, 0.1) is 19.2 Å². The summed E-state index contributed by atoms with van der Waals surface area (Å²) in [7, 11) is 1.63. The van der Waals surface area contributed by atoms with Crippen LogP contribution in [0.15, 0.2) is 28.8 Å². The summed E-state index contributed by atoms with van der Waals surface area (Å²) < 4.78 is 10.4. The van der Waals surface area contributed by atoms with Crippen molar-refractivity contribution in [3.05, 3.63) is 30.1 Å². The molecule has 1 aromatic carbocycles. The maximum atomic E-state index is 5.45. The molecule has 3 aromatic rings. The molecule has 18 heavy (non-hydrogen) atoms. The first-order chi connectivity index (χ1) is 8.81. The molecule has 6 nitrogen and oxygen atoms in total. The van der Waals surface area contributed by atoms with Gasteiger partial charge >= 0.3 is 0 Å². The van der Waals surface area contributed by atoms with Gasteiger partial charge in [0.2, 0.25) is 0 Å². The molecule has 0 aliphatic carbocycles. The van der Waals surface area contributed by atoms with Gasteiger partial charge in [-0.1, -0.05) is 17.3 Å². The second kappa shape index (κ2) is 4.15. The zero-order valence-corrected chi connectivity index (χ0v) is 9.80. The van der Waals surface area contributed by atoms with E-state index in [0.717, 1.165) is 22.3 Å². The SMILES string of the molecule is COc1cccc2cc(-c3nc(CN)no3)[nH]c12. The number of benzene rings is 1. The van der Waals surface area contributed by atoms with Crippen LogP contribution in [0.4, 0.5) is 0 Å². The molecule has 3 rings (SSSR count). The van der Waals surface area contributed by atoms with E-state index >= 15 is 0 Å². The monoisotopic (exact) mass is 244 g/mol. The lowest BCUT2D eigenvalue weighted by molar-refractivity contribution is 0.418. The third-order valence-electron chi connectivity index (χ3n) is 2.72. The minimum Gasteiger partial charge on any atom is -0.495 e. The fourth-order valence-electron chi connectivity index (χ4n) is 1.86. The Morgan fingerprint density at radius 1 is 1.44 bits per heavy atom. The number of nitrogens with one attached hydrogen (secondary N) is 1. The van der Waals surface area contributed by atoms with E-state index in [1.54, 1.807) is 7.11 Å². The summed E-state index contributed by atoms with van der Waals surface area (Å²) >= 11 is 0. The van der Waals surface area contributed by atoms with Crippen LogP contribution in [0.2, 0.25) is 0 Å². The summed E-state index contributed by atoms with van der Waals surface area (Å²) in [5.41, 5.74) is 7.10. The zero-order chi connectivity index (χ0) is 12.5. The Morgan fingerprint density at radius 2 is 2.33 bits per heavy atom. The minimum absolute atomic E-state index is 0.257. The Balaban J connectivity index is 2.13. The molecule has 0 aliphatic rings. The largest absolute Gasteiger partial charge is 0.495 e. The van der Waals surface area contributed by atoms with E-state index in [1.165, 1.54) is 0 Å². The van der Waals surface area contributed by atoms with Gasteiger partial charge in [-0.3, -0.25) is 0 Å². The first kappa shape index (κ1) is 10.8. The van der Waals surface area contributed by atoms with E-state index in [-0.39, 0.29) is 6.54 Å². The fraction of sp³-hybridized carbons (Fsp3) is 0.167. The van der Waals surface area contributed by atoms with E-state index in [0.29, 0.717) is 11.7 Å². The number of ether oxygens (including phenoxy) is 1. The summed E-state index contributed by atoms with van der Waals surface area (Å²) in [6.45, 7) is 0.257. The van der Waals surface area contributed by atoms with Crippen molar-refractivity contribution in [1.82, 2.24) is 15.1 Å². The van der Waals surface area contributed by atoms with Crippen LogP contribution in [0.5, 0.6) is 5.75 Å². The highest BCUT2D eigenvalue weighted by Gasteiger charge is 2.12. The number of nitrogens with zero attached hydrogens (tertiary/aromatic N) is 2. The molecule has 0 aliphatic heterocycles. The number of H-pyrrole nitrogens is 1. The fourth-order valence-corrected chi connectivity index (χ4v) is 1.86. The van der Waals surface area contributed by atoms with Gasteiger partial charge in [0.15, 0.2) is 5.82 Å². The van der Waals surface area contributed by atoms with Gasteiger partial charge in [0.1, 0.15) is 11.4 Å². The normalized spacial score (nSPS) is 11.0. The third-order valence-corrected chi connectivity index (χ3v) is 2.72. The van der Waals surface area contributed by atoms with Crippen molar-refractivity contribution < 1.29 is 9.26 Å². The van der Waals surface area contributed by atoms with Crippen molar-refractivity contribution in [1.29, 1.82) is 0 Å². The van der Waals surface area contributed by atoms with Crippen molar-refractivity contribution in [2.75, 3.05) is 7.11 Å². The van der Waals surface area contributed by atoms with Gasteiger partial charge in [0, 0.05) is 5.39 Å². The van der Waals surface area contributed by atoms with E-state index in [9.17, 15) is 0 Å². The predicted octanol–water partition coefficient (Wildman–Crippen LogP) is 1.69. The van der Waals surface area contributed by atoms with Crippen LogP contribution in [-0.4, -0.2) is 22.2 Å². The van der Waals surface area contributed by atoms with Crippen LogP contribution in [0.3, 0.4) is 0 Å². The molecule has 2 aromatic heterocycles. The van der Waals surface area contributed by atoms with Crippen LogP contribution >= 0.6 is 0 Å². The molecule has 0 unspecified atom stereocenters. The van der Waals surface area contributed by atoms with Gasteiger partial charge in [-0.25, -0.2) is 0 Å². The Labute approximate surface area is 103 Å². The van der Waals surface area contributed by atoms with Crippen molar-refractivity contribution in [2.24, 2.45) is 5.73 Å². The van der Waals surface area contributed by atoms with Crippen molar-refractivity contribution in [3.8, 4) is 17.3 Å². The van der Waals surface area contributed by atoms with Gasteiger partial charge < -0.3 is 20.0 Å². The molecular formula is C12H12N4O2. The average molecular weight is 244 g/mol. The van der Waals surface area contributed by atoms with Crippen molar-refractivity contribution in [3.63, 3.8) is 0 Å². The van der Waals surface area contributed by atoms with Crippen LogP contribution in [0.1, 0.15) is 5.82 Å². The van der Waals surface area contributed by atoms with Gasteiger partial charge in [-0.2, -0.15) is 4.98 Å². The van der Waals surface area contributed by atoms with E-state index in [1.807, 2.05) is 24.3 Å². The number of methoxy groups -OCH3 is 1. The van der Waals surface area contributed by atoms with Gasteiger partial charge in [-0.15, -0.1) is 0 Å². The van der Waals surface area contributed by atoms with Gasteiger partial charge in [0.25, 0.3) is 5.89 Å². The van der Waals surface area contributed by atoms with Crippen LogP contribution in [-0.2, 0) is 6.54 Å². The number of rotatable bonds is 3. The quantitative estimate of drug-likeness (QED) is 0.731. The maximum Gasteiger partial charge on any atom is 0.274 e. The molecule has 0 bridgehead atoms. The zero-order valence-electron chi connectivity index (χ0n) is 9.80. The minimum atomic E-state index is 0.257. The molecular weight excluding hydrogens is 232 g/mol. The number of fused-ring (bicyclic) bond motifs is 1. The van der Waals surface area contributed by atoms with E-state index in [4.69, 9.17) is 15.0 Å². The Hall–Kier alpha value is -2.34. The lowest BCUT2D eigenvalue weighted by Gasteiger charge is -1.99. The number of aromatic amines is 1. The van der Waals surface area contributed by atoms with Crippen molar-refractivity contribution in [2.45, 2.75) is 6.54 Å². The third kappa shape index (κ3) is 1.63. The lowest BCUT2D eigenvalue weighted by atomic mass is 10.2. The maximum absolute atomic E-state index is 5.45. The lowest BCUT2D eigenvalue weighted by Crippen LogP contribution is -1.97. The highest BCUT2D eigenvalue weighted by molar-refractivity contribution is 5.89. The molecule has 6 heteroatoms. The molecule has 0 spiro atoms. The molecule has 0 saturated carbocycles. The average Bonchev–Trinajstić information content (AvgIpc) is 3.03. The Morgan fingerprint density at radius 3 is 3.06 bits per heavy atom. The van der Waals surface area contributed by atoms with Crippen molar-refractivity contribution >= 4 is 10.9 Å². The number of aromatic nitrogens is 3. The smallest absolute Gasteiger partial charge is 0.274 e. The first-order valence-electron chi connectivity index (χ1n) is 5.50. The first-order valence-corrected chi connectivity index (χ1v) is 5.50. The molecule has 3 N–H and O–H groups in total. The van der Waals surface area contributed by atoms with Gasteiger partial charge in [-0.05, 0) is 12.1 Å². The number of nitrogens with two attached hydrogens (primary N) is 1. The highest BCUT2D eigenvalue weighted by Crippen LogP contribution is 2.29. The highest BCUT2D eigenvalue weighted by atomic mass is 16.5. The van der Waals surface area contributed by atoms with Crippen LogP contribution < -0.4 is 10.5 Å². The summed E-state index contributed by atoms with van der Waals surface area (Å²) in [5, 5.41) is 4.79. The predicted molar refractivity (Wildman–Crippen MR) is 66.0 cm³/mol. The molecule has 0 atom stereocenters. The molecule has 0 radical (unpaired) electrons. The van der Waals surface area contributed by atoms with Crippen LogP contribution in [0.25, 0.3) is 22.5 Å². The second-order valence-corrected chi connectivity index (χ2v) is 3.83. The summed E-state index contributed by atoms with van der Waals surface area (Å²) in [6.07, 6.45) is 0. The molecule has 0 amide bonds. The molecule has 0 fully saturated rings. The topological polar surface area (TPSA) is 90.0 Å². The molecule has 0 saturated heterocycles. The van der Waals surface area contributed by atoms with E-state index < -0.39 is 0 Å². The Kier molecular flexibility index (Phi) is 2.49. The summed E-state index contributed by atoms with van der Waals surface area (Å²) in [4.78, 5) is 7.38. The second-order valence-electron chi connectivity index (χ2n) is 3.83. The number of hydrogen-bond donors (Lipinski definition) is 2. The summed E-state index contributed by atoms with van der Waals surface area (Å²) in [5.74, 6) is 1.68. The summed E-state index contributed by atoms with van der Waals surface area (Å²) in [6, 6.07) is 7.74. The molecule has 92 valence electrons. The number of para-hydroxylation sites is 1. The van der Waals surface area contributed by atoms with E-state index in [2.05, 4.69) is 15.1 Å². The van der Waals surface area contributed by atoms with Crippen LogP contribution in [0, 0.1) is 0 Å². The number of hydrogen-bond acceptors (Lipinski definition) is 5. The standard InChI is InChI=1S/C12H12N4O2/c1-17-9-4-2-3-7-5-8(14-11(7)9)12-15-10(6-13)16-18-12/h2-5,14H,6,13H2,1H3. The Bertz CT molecular complexity index is 686. The molecule has 2 heterocycles.